The minimum Gasteiger partial charge on any atom is -0.341 e. The SMILES string of the molecule is CNC(=O)NC(=O)[C@H](C)N1CCN(S(=O)(=O)/C=C/c2ccccc2)CC1. The van der Waals surface area contributed by atoms with Gasteiger partial charge >= 0.3 is 6.03 Å². The molecule has 0 aliphatic carbocycles. The van der Waals surface area contributed by atoms with Crippen molar-refractivity contribution < 1.29 is 18.0 Å². The van der Waals surface area contributed by atoms with Crippen molar-refractivity contribution in [2.75, 3.05) is 33.2 Å². The summed E-state index contributed by atoms with van der Waals surface area (Å²) in [5.74, 6) is -0.412. The normalized spacial score (nSPS) is 17.8. The van der Waals surface area contributed by atoms with Gasteiger partial charge in [-0.2, -0.15) is 4.31 Å². The molecule has 0 unspecified atom stereocenters. The standard InChI is InChI=1S/C17H24N4O4S/c1-14(16(22)19-17(23)18-2)20-9-11-21(12-10-20)26(24,25)13-8-15-6-4-3-5-7-15/h3-8,13-14H,9-12H2,1-2H3,(H2,18,19,22,23)/b13-8+/t14-/m0/s1. The highest BCUT2D eigenvalue weighted by Gasteiger charge is 2.30. The van der Waals surface area contributed by atoms with Gasteiger partial charge < -0.3 is 5.32 Å². The highest BCUT2D eigenvalue weighted by Crippen LogP contribution is 2.13. The molecule has 1 fully saturated rings. The number of hydrogen-bond donors (Lipinski definition) is 2. The molecule has 0 spiro atoms. The number of nitrogens with zero attached hydrogens (tertiary/aromatic N) is 2. The van der Waals surface area contributed by atoms with Gasteiger partial charge in [-0.3, -0.25) is 15.0 Å². The topological polar surface area (TPSA) is 98.8 Å². The van der Waals surface area contributed by atoms with Crippen LogP contribution in [0.1, 0.15) is 12.5 Å². The van der Waals surface area contributed by atoms with Crippen LogP contribution >= 0.6 is 0 Å². The first-order valence-electron chi connectivity index (χ1n) is 8.33. The third kappa shape index (κ3) is 5.38. The lowest BCUT2D eigenvalue weighted by atomic mass is 10.2. The summed E-state index contributed by atoms with van der Waals surface area (Å²) in [6, 6.07) is 8.14. The summed E-state index contributed by atoms with van der Waals surface area (Å²) in [6.07, 6.45) is 1.57. The molecule has 0 saturated carbocycles. The van der Waals surface area contributed by atoms with E-state index in [1.807, 2.05) is 35.2 Å². The summed E-state index contributed by atoms with van der Waals surface area (Å²) in [4.78, 5) is 25.1. The molecule has 1 aromatic rings. The summed E-state index contributed by atoms with van der Waals surface area (Å²) in [5.41, 5.74) is 0.814. The maximum absolute atomic E-state index is 12.4. The number of imide groups is 1. The minimum absolute atomic E-state index is 0.291. The van der Waals surface area contributed by atoms with Crippen molar-refractivity contribution in [2.24, 2.45) is 0 Å². The Labute approximate surface area is 153 Å². The number of carbonyl (C=O) groups excluding carboxylic acids is 2. The smallest absolute Gasteiger partial charge is 0.321 e. The Kier molecular flexibility index (Phi) is 6.90. The minimum atomic E-state index is -3.51. The second-order valence-corrected chi connectivity index (χ2v) is 7.76. The van der Waals surface area contributed by atoms with Crippen molar-refractivity contribution in [3.05, 3.63) is 41.3 Å². The number of rotatable bonds is 5. The van der Waals surface area contributed by atoms with Crippen LogP contribution in [-0.2, 0) is 14.8 Å². The van der Waals surface area contributed by atoms with Crippen molar-refractivity contribution in [3.8, 4) is 0 Å². The maximum Gasteiger partial charge on any atom is 0.321 e. The molecular formula is C17H24N4O4S. The monoisotopic (exact) mass is 380 g/mol. The number of benzene rings is 1. The number of urea groups is 1. The fourth-order valence-corrected chi connectivity index (χ4v) is 3.78. The molecule has 1 aliphatic rings. The van der Waals surface area contributed by atoms with Gasteiger partial charge in [0, 0.05) is 38.6 Å². The summed E-state index contributed by atoms with van der Waals surface area (Å²) in [6.45, 7) is 3.11. The zero-order valence-electron chi connectivity index (χ0n) is 14.9. The zero-order chi connectivity index (χ0) is 19.2. The van der Waals surface area contributed by atoms with Crippen molar-refractivity contribution in [3.63, 3.8) is 0 Å². The number of piperazine rings is 1. The van der Waals surface area contributed by atoms with Crippen LogP contribution in [-0.4, -0.2) is 68.8 Å². The number of hydrogen-bond acceptors (Lipinski definition) is 5. The Bertz CT molecular complexity index is 756. The molecule has 1 saturated heterocycles. The van der Waals surface area contributed by atoms with E-state index in [2.05, 4.69) is 10.6 Å². The van der Waals surface area contributed by atoms with Gasteiger partial charge in [-0.1, -0.05) is 30.3 Å². The second-order valence-electron chi connectivity index (χ2n) is 5.94. The molecule has 3 amide bonds. The third-order valence-corrected chi connectivity index (χ3v) is 5.82. The van der Waals surface area contributed by atoms with Gasteiger partial charge in [0.1, 0.15) is 0 Å². The second kappa shape index (κ2) is 8.93. The van der Waals surface area contributed by atoms with Crippen molar-refractivity contribution in [1.82, 2.24) is 19.8 Å². The van der Waals surface area contributed by atoms with E-state index in [-0.39, 0.29) is 0 Å². The van der Waals surface area contributed by atoms with Crippen molar-refractivity contribution in [2.45, 2.75) is 13.0 Å². The number of sulfonamides is 1. The number of amides is 3. The van der Waals surface area contributed by atoms with E-state index < -0.39 is 28.0 Å². The lowest BCUT2D eigenvalue weighted by Gasteiger charge is -2.36. The lowest BCUT2D eigenvalue weighted by molar-refractivity contribution is -0.125. The average molecular weight is 380 g/mol. The van der Waals surface area contributed by atoms with Crippen LogP contribution in [0.4, 0.5) is 4.79 Å². The van der Waals surface area contributed by atoms with Crippen LogP contribution in [0.5, 0.6) is 0 Å². The fraction of sp³-hybridized carbons (Fsp3) is 0.412. The molecular weight excluding hydrogens is 356 g/mol. The third-order valence-electron chi connectivity index (χ3n) is 4.26. The molecule has 0 bridgehead atoms. The number of nitrogens with one attached hydrogen (secondary N) is 2. The van der Waals surface area contributed by atoms with Crippen LogP contribution in [0.3, 0.4) is 0 Å². The molecule has 0 aromatic heterocycles. The van der Waals surface area contributed by atoms with Gasteiger partial charge in [-0.05, 0) is 18.6 Å². The van der Waals surface area contributed by atoms with Gasteiger partial charge in [-0.25, -0.2) is 13.2 Å². The van der Waals surface area contributed by atoms with Crippen LogP contribution in [0.15, 0.2) is 35.7 Å². The highest BCUT2D eigenvalue weighted by atomic mass is 32.2. The average Bonchev–Trinajstić information content (AvgIpc) is 2.66. The van der Waals surface area contributed by atoms with E-state index in [0.717, 1.165) is 5.56 Å². The van der Waals surface area contributed by atoms with E-state index in [1.54, 1.807) is 13.0 Å². The Morgan fingerprint density at radius 2 is 1.73 bits per heavy atom. The first kappa shape index (κ1) is 20.1. The molecule has 1 heterocycles. The van der Waals surface area contributed by atoms with Crippen LogP contribution in [0.25, 0.3) is 6.08 Å². The van der Waals surface area contributed by atoms with E-state index in [4.69, 9.17) is 0 Å². The first-order chi connectivity index (χ1) is 12.3. The van der Waals surface area contributed by atoms with Crippen LogP contribution < -0.4 is 10.6 Å². The fourth-order valence-electron chi connectivity index (χ4n) is 2.60. The quantitative estimate of drug-likeness (QED) is 0.773. The molecule has 1 aromatic carbocycles. The Morgan fingerprint density at radius 3 is 2.31 bits per heavy atom. The summed E-state index contributed by atoms with van der Waals surface area (Å²) < 4.78 is 26.3. The summed E-state index contributed by atoms with van der Waals surface area (Å²) >= 11 is 0. The zero-order valence-corrected chi connectivity index (χ0v) is 15.7. The Hall–Kier alpha value is -2.23. The van der Waals surface area contributed by atoms with E-state index in [9.17, 15) is 18.0 Å². The molecule has 2 N–H and O–H groups in total. The Balaban J connectivity index is 1.91. The molecule has 0 radical (unpaired) electrons. The lowest BCUT2D eigenvalue weighted by Crippen LogP contribution is -2.55. The van der Waals surface area contributed by atoms with Gasteiger partial charge in [0.15, 0.2) is 0 Å². The number of carbonyl (C=O) groups is 2. The first-order valence-corrected chi connectivity index (χ1v) is 9.83. The molecule has 142 valence electrons. The molecule has 1 atom stereocenters. The predicted octanol–water partition coefficient (Wildman–Crippen LogP) is 0.449. The molecule has 9 heteroatoms. The maximum atomic E-state index is 12.4. The van der Waals surface area contributed by atoms with Gasteiger partial charge in [-0.15, -0.1) is 0 Å². The molecule has 1 aliphatic heterocycles. The molecule has 26 heavy (non-hydrogen) atoms. The predicted molar refractivity (Wildman–Crippen MR) is 99.6 cm³/mol. The summed E-state index contributed by atoms with van der Waals surface area (Å²) in [5, 5.41) is 5.76. The Morgan fingerprint density at radius 1 is 1.12 bits per heavy atom. The van der Waals surface area contributed by atoms with Crippen molar-refractivity contribution in [1.29, 1.82) is 0 Å². The van der Waals surface area contributed by atoms with Gasteiger partial charge in [0.05, 0.1) is 6.04 Å². The largest absolute Gasteiger partial charge is 0.341 e. The van der Waals surface area contributed by atoms with Crippen molar-refractivity contribution >= 4 is 28.0 Å². The van der Waals surface area contributed by atoms with Gasteiger partial charge in [0.2, 0.25) is 15.9 Å². The van der Waals surface area contributed by atoms with E-state index >= 15 is 0 Å². The van der Waals surface area contributed by atoms with E-state index in [1.165, 1.54) is 16.8 Å². The highest BCUT2D eigenvalue weighted by molar-refractivity contribution is 7.92. The van der Waals surface area contributed by atoms with E-state index in [0.29, 0.717) is 26.2 Å². The molecule has 8 nitrogen and oxygen atoms in total. The van der Waals surface area contributed by atoms with Crippen LogP contribution in [0.2, 0.25) is 0 Å². The van der Waals surface area contributed by atoms with Crippen LogP contribution in [0, 0.1) is 0 Å². The summed E-state index contributed by atoms with van der Waals surface area (Å²) in [7, 11) is -2.08. The van der Waals surface area contributed by atoms with Gasteiger partial charge in [0.25, 0.3) is 0 Å². The molecule has 2 rings (SSSR count).